The molecule has 0 saturated heterocycles. The Labute approximate surface area is 145 Å². The lowest BCUT2D eigenvalue weighted by Crippen LogP contribution is -2.06. The summed E-state index contributed by atoms with van der Waals surface area (Å²) in [6, 6.07) is 14.3. The van der Waals surface area contributed by atoms with Gasteiger partial charge in [-0.1, -0.05) is 30.3 Å². The Kier molecular flexibility index (Phi) is 4.75. The molecule has 0 aliphatic carbocycles. The molecule has 0 radical (unpaired) electrons. The van der Waals surface area contributed by atoms with E-state index in [1.54, 1.807) is 37.3 Å². The first-order chi connectivity index (χ1) is 12.1. The average Bonchev–Trinajstić information content (AvgIpc) is 2.96. The van der Waals surface area contributed by atoms with Crippen LogP contribution in [0, 0.1) is 6.92 Å². The predicted molar refractivity (Wildman–Crippen MR) is 94.2 cm³/mol. The van der Waals surface area contributed by atoms with Gasteiger partial charge in [-0.3, -0.25) is 0 Å². The topological polar surface area (TPSA) is 65.0 Å². The van der Waals surface area contributed by atoms with Crippen LogP contribution in [0.1, 0.15) is 34.0 Å². The zero-order valence-corrected chi connectivity index (χ0v) is 14.0. The molecule has 2 aromatic rings. The highest BCUT2D eigenvalue weighted by Crippen LogP contribution is 2.21. The minimum Gasteiger partial charge on any atom is -0.462 e. The molecule has 1 aliphatic rings. The second-order valence-corrected chi connectivity index (χ2v) is 5.49. The number of carbonyl (C=O) groups excluding carboxylic acids is 2. The van der Waals surface area contributed by atoms with Crippen molar-refractivity contribution in [3.05, 3.63) is 76.5 Å². The van der Waals surface area contributed by atoms with Crippen LogP contribution in [0.3, 0.4) is 0 Å². The van der Waals surface area contributed by atoms with Gasteiger partial charge in [0.15, 0.2) is 5.70 Å². The normalized spacial score (nSPS) is 15.0. The second kappa shape index (κ2) is 7.13. The molecule has 0 aromatic heterocycles. The van der Waals surface area contributed by atoms with E-state index >= 15 is 0 Å². The molecule has 3 rings (SSSR count). The van der Waals surface area contributed by atoms with Crippen LogP contribution in [-0.2, 0) is 14.3 Å². The van der Waals surface area contributed by atoms with Crippen molar-refractivity contribution in [3.8, 4) is 0 Å². The first kappa shape index (κ1) is 16.6. The predicted octanol–water partition coefficient (Wildman–Crippen LogP) is 3.52. The first-order valence-corrected chi connectivity index (χ1v) is 7.94. The van der Waals surface area contributed by atoms with E-state index in [0.29, 0.717) is 18.1 Å². The molecule has 25 heavy (non-hydrogen) atoms. The van der Waals surface area contributed by atoms with Crippen LogP contribution in [0.25, 0.3) is 6.08 Å². The lowest BCUT2D eigenvalue weighted by atomic mass is 10.1. The van der Waals surface area contributed by atoms with Crippen LogP contribution in [0.4, 0.5) is 0 Å². The van der Waals surface area contributed by atoms with Crippen molar-refractivity contribution in [1.82, 2.24) is 0 Å². The molecule has 0 amide bonds. The molecule has 0 spiro atoms. The quantitative estimate of drug-likeness (QED) is 0.633. The molecule has 1 heterocycles. The third-order valence-corrected chi connectivity index (χ3v) is 3.72. The van der Waals surface area contributed by atoms with Crippen LogP contribution in [0.15, 0.2) is 59.2 Å². The maximum atomic E-state index is 12.1. The van der Waals surface area contributed by atoms with Crippen LogP contribution in [-0.4, -0.2) is 24.4 Å². The number of esters is 2. The van der Waals surface area contributed by atoms with E-state index in [9.17, 15) is 9.59 Å². The number of cyclic esters (lactones) is 1. The minimum absolute atomic E-state index is 0.224. The first-order valence-electron chi connectivity index (χ1n) is 7.94. The molecule has 5 nitrogen and oxygen atoms in total. The lowest BCUT2D eigenvalue weighted by molar-refractivity contribution is -0.129. The average molecular weight is 335 g/mol. The number of benzene rings is 2. The molecule has 0 unspecified atom stereocenters. The Morgan fingerprint density at radius 3 is 2.56 bits per heavy atom. The van der Waals surface area contributed by atoms with Gasteiger partial charge in [0, 0.05) is 5.56 Å². The fraction of sp³-hybridized carbons (Fsp3) is 0.150. The molecule has 0 fully saturated rings. The summed E-state index contributed by atoms with van der Waals surface area (Å²) in [5.41, 5.74) is 3.20. The Morgan fingerprint density at radius 1 is 1.16 bits per heavy atom. The number of aryl methyl sites for hydroxylation is 1. The molecule has 0 N–H and O–H groups in total. The van der Waals surface area contributed by atoms with Crippen molar-refractivity contribution in [3.63, 3.8) is 0 Å². The molecule has 0 bridgehead atoms. The Bertz CT molecular complexity index is 879. The fourth-order valence-electron chi connectivity index (χ4n) is 2.42. The van der Waals surface area contributed by atoms with Gasteiger partial charge < -0.3 is 9.47 Å². The standard InChI is InChI=1S/C20H17NO4/c1-3-24-19(22)15-10-8-14(9-11-15)12-17-20(23)25-18(21-17)16-7-5-4-6-13(16)2/h4-12H,3H2,1-2H3/b17-12-. The summed E-state index contributed by atoms with van der Waals surface area (Å²) in [6.07, 6.45) is 1.63. The van der Waals surface area contributed by atoms with E-state index in [1.165, 1.54) is 0 Å². The van der Waals surface area contributed by atoms with E-state index in [0.717, 1.165) is 16.7 Å². The zero-order valence-electron chi connectivity index (χ0n) is 14.0. The zero-order chi connectivity index (χ0) is 17.8. The number of carbonyl (C=O) groups is 2. The molecule has 0 atom stereocenters. The van der Waals surface area contributed by atoms with E-state index in [-0.39, 0.29) is 11.7 Å². The van der Waals surface area contributed by atoms with Gasteiger partial charge in [-0.05, 0) is 49.2 Å². The summed E-state index contributed by atoms with van der Waals surface area (Å²) >= 11 is 0. The third-order valence-electron chi connectivity index (χ3n) is 3.72. The maximum absolute atomic E-state index is 12.1. The molecule has 2 aromatic carbocycles. The molecule has 5 heteroatoms. The van der Waals surface area contributed by atoms with Gasteiger partial charge in [0.2, 0.25) is 5.90 Å². The van der Waals surface area contributed by atoms with Crippen LogP contribution in [0.5, 0.6) is 0 Å². The van der Waals surface area contributed by atoms with Gasteiger partial charge in [-0.15, -0.1) is 0 Å². The molecule has 1 aliphatic heterocycles. The summed E-state index contributed by atoms with van der Waals surface area (Å²) in [5, 5.41) is 0. The highest BCUT2D eigenvalue weighted by atomic mass is 16.6. The number of hydrogen-bond acceptors (Lipinski definition) is 5. The van der Waals surface area contributed by atoms with Crippen LogP contribution < -0.4 is 0 Å². The van der Waals surface area contributed by atoms with E-state index in [4.69, 9.17) is 9.47 Å². The highest BCUT2D eigenvalue weighted by Gasteiger charge is 2.24. The second-order valence-electron chi connectivity index (χ2n) is 5.49. The maximum Gasteiger partial charge on any atom is 0.363 e. The number of ether oxygens (including phenoxy) is 2. The fourth-order valence-corrected chi connectivity index (χ4v) is 2.42. The van der Waals surface area contributed by atoms with Gasteiger partial charge in [0.1, 0.15) is 0 Å². The van der Waals surface area contributed by atoms with Crippen molar-refractivity contribution in [2.24, 2.45) is 4.99 Å². The number of nitrogens with zero attached hydrogens (tertiary/aromatic N) is 1. The Balaban J connectivity index is 1.85. The lowest BCUT2D eigenvalue weighted by Gasteiger charge is -2.02. The van der Waals surface area contributed by atoms with Crippen molar-refractivity contribution >= 4 is 23.9 Å². The molecule has 0 saturated carbocycles. The van der Waals surface area contributed by atoms with Crippen molar-refractivity contribution in [1.29, 1.82) is 0 Å². The smallest absolute Gasteiger partial charge is 0.363 e. The summed E-state index contributed by atoms with van der Waals surface area (Å²) in [5.74, 6) is -0.563. The van der Waals surface area contributed by atoms with Crippen molar-refractivity contribution in [2.75, 3.05) is 6.61 Å². The van der Waals surface area contributed by atoms with Gasteiger partial charge >= 0.3 is 11.9 Å². The SMILES string of the molecule is CCOC(=O)c1ccc(/C=C2\N=C(c3ccccc3C)OC2=O)cc1. The van der Waals surface area contributed by atoms with E-state index < -0.39 is 5.97 Å². The van der Waals surface area contributed by atoms with E-state index in [1.807, 2.05) is 31.2 Å². The monoisotopic (exact) mass is 335 g/mol. The largest absolute Gasteiger partial charge is 0.462 e. The van der Waals surface area contributed by atoms with Gasteiger partial charge in [-0.2, -0.15) is 0 Å². The summed E-state index contributed by atoms with van der Waals surface area (Å²) < 4.78 is 10.2. The highest BCUT2D eigenvalue weighted by molar-refractivity contribution is 6.13. The summed E-state index contributed by atoms with van der Waals surface area (Å²) in [4.78, 5) is 28.0. The number of rotatable bonds is 4. The molecule has 126 valence electrons. The van der Waals surface area contributed by atoms with Crippen LogP contribution in [0.2, 0.25) is 0 Å². The summed E-state index contributed by atoms with van der Waals surface area (Å²) in [7, 11) is 0. The minimum atomic E-state index is -0.493. The summed E-state index contributed by atoms with van der Waals surface area (Å²) in [6.45, 7) is 4.01. The molecular formula is C20H17NO4. The Morgan fingerprint density at radius 2 is 1.88 bits per heavy atom. The number of aliphatic imine (C=N–C) groups is 1. The number of hydrogen-bond donors (Lipinski definition) is 0. The van der Waals surface area contributed by atoms with Crippen LogP contribution >= 0.6 is 0 Å². The van der Waals surface area contributed by atoms with Crippen molar-refractivity contribution in [2.45, 2.75) is 13.8 Å². The molecular weight excluding hydrogens is 318 g/mol. The van der Waals surface area contributed by atoms with Crippen molar-refractivity contribution < 1.29 is 19.1 Å². The third kappa shape index (κ3) is 3.66. The van der Waals surface area contributed by atoms with Gasteiger partial charge in [0.05, 0.1) is 12.2 Å². The van der Waals surface area contributed by atoms with E-state index in [2.05, 4.69) is 4.99 Å². The van der Waals surface area contributed by atoms with Gasteiger partial charge in [-0.25, -0.2) is 14.6 Å². The Hall–Kier alpha value is -3.21. The van der Waals surface area contributed by atoms with Gasteiger partial charge in [0.25, 0.3) is 0 Å².